The van der Waals surface area contributed by atoms with Gasteiger partial charge in [0.1, 0.15) is 10.4 Å². The van der Waals surface area contributed by atoms with Crippen molar-refractivity contribution < 1.29 is 26.4 Å². The maximum Gasteiger partial charge on any atom is 0.420 e. The molecule has 0 spiro atoms. The summed E-state index contributed by atoms with van der Waals surface area (Å²) in [7, 11) is -3.85. The van der Waals surface area contributed by atoms with Gasteiger partial charge in [0.25, 0.3) is 5.91 Å². The van der Waals surface area contributed by atoms with E-state index in [0.717, 1.165) is 32.0 Å². The minimum absolute atomic E-state index is 0.0717. The summed E-state index contributed by atoms with van der Waals surface area (Å²) in [4.78, 5) is 19.7. The molecule has 2 aliphatic rings. The lowest BCUT2D eigenvalue weighted by Crippen LogP contribution is -2.29. The number of halogens is 3. The van der Waals surface area contributed by atoms with E-state index in [2.05, 4.69) is 31.0 Å². The molecule has 0 aromatic carbocycles. The maximum atomic E-state index is 13.8. The molecule has 2 aliphatic heterocycles. The quantitative estimate of drug-likeness (QED) is 0.460. The minimum Gasteiger partial charge on any atom is -0.350 e. The highest BCUT2D eigenvalue weighted by Gasteiger charge is 2.38. The van der Waals surface area contributed by atoms with Crippen molar-refractivity contribution in [3.05, 3.63) is 34.6 Å². The molecule has 3 N–H and O–H groups in total. The Morgan fingerprint density at radius 3 is 2.69 bits per heavy atom. The Morgan fingerprint density at radius 2 is 1.97 bits per heavy atom. The molecule has 3 aromatic rings. The highest BCUT2D eigenvalue weighted by Crippen LogP contribution is 2.41. The van der Waals surface area contributed by atoms with E-state index in [4.69, 9.17) is 0 Å². The zero-order valence-electron chi connectivity index (χ0n) is 19.0. The van der Waals surface area contributed by atoms with Crippen LogP contribution in [0.5, 0.6) is 0 Å². The van der Waals surface area contributed by atoms with Crippen LogP contribution in [0.2, 0.25) is 0 Å². The van der Waals surface area contributed by atoms with Crippen molar-refractivity contribution in [3.63, 3.8) is 0 Å². The Morgan fingerprint density at radius 1 is 1.22 bits per heavy atom. The average molecular weight is 542 g/mol. The standard InChI is InChI=1S/C21H22F3N7O3S2/c1-11-14(10-31(30-11)12-2-4-25-5-3-12)28-20-27-9-13(21(22,23)24)17(29-20)15-8-16-18(35-15)19(32)26-6-7-36(16,33)34/h8-10,12,25H,2-7H2,1H3,(H,26,32)(H,27,28,29). The molecule has 1 amide bonds. The van der Waals surface area contributed by atoms with Gasteiger partial charge in [-0.3, -0.25) is 9.48 Å². The van der Waals surface area contributed by atoms with Gasteiger partial charge in [-0.1, -0.05) is 0 Å². The van der Waals surface area contributed by atoms with Gasteiger partial charge in [-0.05, 0) is 38.9 Å². The summed E-state index contributed by atoms with van der Waals surface area (Å²) in [5, 5.41) is 13.2. The maximum absolute atomic E-state index is 13.8. The number of sulfone groups is 1. The molecular formula is C21H22F3N7O3S2. The lowest BCUT2D eigenvalue weighted by molar-refractivity contribution is -0.137. The second-order valence-corrected chi connectivity index (χ2v) is 11.7. The number of anilines is 2. The van der Waals surface area contributed by atoms with Gasteiger partial charge in [-0.2, -0.15) is 18.3 Å². The highest BCUT2D eigenvalue weighted by molar-refractivity contribution is 7.91. The smallest absolute Gasteiger partial charge is 0.350 e. The molecule has 0 saturated carbocycles. The molecule has 1 saturated heterocycles. The van der Waals surface area contributed by atoms with Crippen LogP contribution in [-0.2, 0) is 16.0 Å². The Hall–Kier alpha value is -3.04. The molecule has 10 nitrogen and oxygen atoms in total. The number of alkyl halides is 3. The first-order chi connectivity index (χ1) is 17.0. The van der Waals surface area contributed by atoms with Gasteiger partial charge in [0.05, 0.1) is 38.6 Å². The van der Waals surface area contributed by atoms with Crippen LogP contribution >= 0.6 is 11.3 Å². The fourth-order valence-corrected chi connectivity index (χ4v) is 7.01. The van der Waals surface area contributed by atoms with Crippen molar-refractivity contribution in [2.45, 2.75) is 36.9 Å². The molecule has 0 radical (unpaired) electrons. The molecule has 1 fully saturated rings. The van der Waals surface area contributed by atoms with Crippen LogP contribution in [0.3, 0.4) is 0 Å². The van der Waals surface area contributed by atoms with Crippen LogP contribution in [0, 0.1) is 6.92 Å². The van der Waals surface area contributed by atoms with Gasteiger partial charge in [0, 0.05) is 18.9 Å². The number of rotatable bonds is 4. The predicted octanol–water partition coefficient (Wildman–Crippen LogP) is 2.91. The van der Waals surface area contributed by atoms with Gasteiger partial charge >= 0.3 is 6.18 Å². The largest absolute Gasteiger partial charge is 0.420 e. The summed E-state index contributed by atoms with van der Waals surface area (Å²) in [5.41, 5.74) is -0.471. The number of aryl methyl sites for hydroxylation is 1. The van der Waals surface area contributed by atoms with Crippen LogP contribution in [0.4, 0.5) is 24.8 Å². The molecule has 3 aromatic heterocycles. The monoisotopic (exact) mass is 541 g/mol. The normalized spacial score (nSPS) is 18.4. The molecule has 36 heavy (non-hydrogen) atoms. The summed E-state index contributed by atoms with van der Waals surface area (Å²) in [5.74, 6) is -1.10. The number of hydrogen-bond donors (Lipinski definition) is 3. The lowest BCUT2D eigenvalue weighted by atomic mass is 10.1. The number of nitrogens with one attached hydrogen (secondary N) is 3. The molecule has 192 valence electrons. The molecule has 0 unspecified atom stereocenters. The number of carbonyl (C=O) groups is 1. The number of carbonyl (C=O) groups excluding carboxylic acids is 1. The minimum atomic E-state index is -4.80. The van der Waals surface area contributed by atoms with Crippen LogP contribution in [0.15, 0.2) is 23.4 Å². The summed E-state index contributed by atoms with van der Waals surface area (Å²) in [6, 6.07) is 1.29. The number of piperidine rings is 1. The molecule has 15 heteroatoms. The molecule has 0 aliphatic carbocycles. The van der Waals surface area contributed by atoms with Crippen molar-refractivity contribution in [2.24, 2.45) is 0 Å². The van der Waals surface area contributed by atoms with Crippen LogP contribution < -0.4 is 16.0 Å². The summed E-state index contributed by atoms with van der Waals surface area (Å²) < 4.78 is 68.5. The van der Waals surface area contributed by atoms with Gasteiger partial charge in [-0.25, -0.2) is 18.4 Å². The van der Waals surface area contributed by atoms with E-state index in [-0.39, 0.29) is 38.9 Å². The zero-order valence-corrected chi connectivity index (χ0v) is 20.6. The van der Waals surface area contributed by atoms with Crippen molar-refractivity contribution in [1.82, 2.24) is 30.4 Å². The Balaban J connectivity index is 1.54. The van der Waals surface area contributed by atoms with E-state index >= 15 is 0 Å². The Labute approximate surface area is 208 Å². The average Bonchev–Trinajstić information content (AvgIpc) is 3.41. The molecular weight excluding hydrogens is 519 g/mol. The highest BCUT2D eigenvalue weighted by atomic mass is 32.2. The molecule has 5 rings (SSSR count). The second-order valence-electron chi connectivity index (χ2n) is 8.55. The number of thiophene rings is 1. The number of fused-ring (bicyclic) bond motifs is 1. The lowest BCUT2D eigenvalue weighted by Gasteiger charge is -2.22. The van der Waals surface area contributed by atoms with Crippen molar-refractivity contribution in [2.75, 3.05) is 30.7 Å². The zero-order chi connectivity index (χ0) is 25.7. The number of aromatic nitrogens is 4. The van der Waals surface area contributed by atoms with Crippen LogP contribution in [0.1, 0.15) is 39.8 Å². The van der Waals surface area contributed by atoms with Crippen LogP contribution in [-0.4, -0.2) is 59.5 Å². The van der Waals surface area contributed by atoms with Crippen LogP contribution in [0.25, 0.3) is 10.6 Å². The SMILES string of the molecule is Cc1nn(C2CCNCC2)cc1Nc1ncc(C(F)(F)F)c(-c2cc3c(s2)C(=O)NCCS3(=O)=O)n1. The third kappa shape index (κ3) is 4.69. The van der Waals surface area contributed by atoms with Gasteiger partial charge < -0.3 is 16.0 Å². The van der Waals surface area contributed by atoms with E-state index in [1.807, 2.05) is 4.68 Å². The van der Waals surface area contributed by atoms with E-state index < -0.39 is 33.2 Å². The van der Waals surface area contributed by atoms with E-state index in [9.17, 15) is 26.4 Å². The van der Waals surface area contributed by atoms with E-state index in [1.54, 1.807) is 13.1 Å². The van der Waals surface area contributed by atoms with Gasteiger partial charge in [-0.15, -0.1) is 11.3 Å². The predicted molar refractivity (Wildman–Crippen MR) is 126 cm³/mol. The van der Waals surface area contributed by atoms with Gasteiger partial charge in [0.15, 0.2) is 9.84 Å². The Kier molecular flexibility index (Phi) is 6.24. The topological polar surface area (TPSA) is 131 Å². The Bertz CT molecular complexity index is 1430. The summed E-state index contributed by atoms with van der Waals surface area (Å²) in [6.07, 6.45) is -0.568. The second kappa shape index (κ2) is 9.12. The summed E-state index contributed by atoms with van der Waals surface area (Å²) in [6.45, 7) is 3.44. The first kappa shape index (κ1) is 24.6. The van der Waals surface area contributed by atoms with E-state index in [0.29, 0.717) is 28.9 Å². The van der Waals surface area contributed by atoms with E-state index in [1.165, 1.54) is 0 Å². The van der Waals surface area contributed by atoms with Crippen molar-refractivity contribution >= 4 is 38.7 Å². The molecule has 5 heterocycles. The first-order valence-electron chi connectivity index (χ1n) is 11.2. The fraction of sp³-hybridized carbons (Fsp3) is 0.429. The number of hydrogen-bond acceptors (Lipinski definition) is 9. The van der Waals surface area contributed by atoms with Crippen molar-refractivity contribution in [1.29, 1.82) is 0 Å². The van der Waals surface area contributed by atoms with Gasteiger partial charge in [0.2, 0.25) is 5.95 Å². The molecule has 0 atom stereocenters. The third-order valence-corrected chi connectivity index (χ3v) is 9.07. The number of nitrogens with zero attached hydrogens (tertiary/aromatic N) is 4. The fourth-order valence-electron chi connectivity index (χ4n) is 4.19. The van der Waals surface area contributed by atoms with Crippen molar-refractivity contribution in [3.8, 4) is 10.6 Å². The molecule has 0 bridgehead atoms. The third-order valence-electron chi connectivity index (χ3n) is 6.07. The summed E-state index contributed by atoms with van der Waals surface area (Å²) >= 11 is 0.652. The number of amides is 1. The first-order valence-corrected chi connectivity index (χ1v) is 13.6.